The van der Waals surface area contributed by atoms with Crippen LogP contribution in [0.15, 0.2) is 35.1 Å². The van der Waals surface area contributed by atoms with Crippen molar-refractivity contribution in [1.82, 2.24) is 10.3 Å². The number of alkyl carbamates (subject to hydrolysis) is 1. The molecule has 2 aromatic rings. The maximum atomic E-state index is 12.5. The molecule has 7 nitrogen and oxygen atoms in total. The number of methoxy groups -OCH3 is 1. The molecule has 0 saturated heterocycles. The molecule has 1 aromatic heterocycles. The molecule has 2 N–H and O–H groups in total. The fraction of sp³-hybridized carbons (Fsp3) is 0.353. The topological polar surface area (TPSA) is 93.5 Å². The molecule has 2 amide bonds. The number of anilines is 1. The third-order valence-electron chi connectivity index (χ3n) is 3.66. The highest BCUT2D eigenvalue weighted by molar-refractivity contribution is 5.97. The average Bonchev–Trinajstić information content (AvgIpc) is 3.08. The molecule has 1 atom stereocenters. The quantitative estimate of drug-likeness (QED) is 0.878. The second-order valence-corrected chi connectivity index (χ2v) is 5.66. The predicted molar refractivity (Wildman–Crippen MR) is 89.5 cm³/mol. The molecule has 0 aliphatic heterocycles. The molecule has 0 spiro atoms. The molecule has 24 heavy (non-hydrogen) atoms. The van der Waals surface area contributed by atoms with Gasteiger partial charge in [0.2, 0.25) is 11.8 Å². The number of carbonyl (C=O) groups excluding carboxylic acids is 2. The lowest BCUT2D eigenvalue weighted by Crippen LogP contribution is -2.47. The predicted octanol–water partition coefficient (Wildman–Crippen LogP) is 2.97. The highest BCUT2D eigenvalue weighted by Gasteiger charge is 2.25. The van der Waals surface area contributed by atoms with Gasteiger partial charge in [-0.05, 0) is 30.5 Å². The molecule has 0 aliphatic carbocycles. The van der Waals surface area contributed by atoms with E-state index in [0.717, 1.165) is 11.1 Å². The van der Waals surface area contributed by atoms with Gasteiger partial charge in [-0.1, -0.05) is 19.9 Å². The van der Waals surface area contributed by atoms with Crippen molar-refractivity contribution in [2.24, 2.45) is 5.92 Å². The van der Waals surface area contributed by atoms with Crippen LogP contribution in [0.25, 0.3) is 11.5 Å². The van der Waals surface area contributed by atoms with Gasteiger partial charge in [-0.15, -0.1) is 0 Å². The Balaban J connectivity index is 2.22. The average molecular weight is 331 g/mol. The number of carbonyl (C=O) groups is 2. The molecule has 0 aliphatic rings. The van der Waals surface area contributed by atoms with Crippen LogP contribution in [0.4, 0.5) is 10.5 Å². The van der Waals surface area contributed by atoms with Crippen LogP contribution in [0.5, 0.6) is 0 Å². The molecule has 0 unspecified atom stereocenters. The maximum Gasteiger partial charge on any atom is 0.407 e. The van der Waals surface area contributed by atoms with Crippen LogP contribution in [0, 0.1) is 12.8 Å². The summed E-state index contributed by atoms with van der Waals surface area (Å²) in [4.78, 5) is 28.1. The Morgan fingerprint density at radius 1 is 1.29 bits per heavy atom. The summed E-state index contributed by atoms with van der Waals surface area (Å²) in [5.41, 5.74) is 2.25. The van der Waals surface area contributed by atoms with E-state index < -0.39 is 12.1 Å². The summed E-state index contributed by atoms with van der Waals surface area (Å²) in [6.45, 7) is 5.56. The van der Waals surface area contributed by atoms with Gasteiger partial charge in [-0.3, -0.25) is 4.79 Å². The Bertz CT molecular complexity index is 711. The van der Waals surface area contributed by atoms with Crippen molar-refractivity contribution in [3.05, 3.63) is 36.2 Å². The van der Waals surface area contributed by atoms with E-state index in [2.05, 4.69) is 20.4 Å². The standard InChI is InChI=1S/C17H21N3O4/c1-10(2)14(20-17(22)23-4)15(21)19-13-7-5-6-12(11(13)3)16-18-8-9-24-16/h5-10,14H,1-4H3,(H,19,21)(H,20,22)/t14-/m0/s1. The number of benzene rings is 1. The van der Waals surface area contributed by atoms with Gasteiger partial charge in [0.15, 0.2) is 0 Å². The van der Waals surface area contributed by atoms with E-state index in [4.69, 9.17) is 4.42 Å². The Hall–Kier alpha value is -2.83. The summed E-state index contributed by atoms with van der Waals surface area (Å²) in [6, 6.07) is 4.75. The van der Waals surface area contributed by atoms with Gasteiger partial charge in [0.25, 0.3) is 0 Å². The molecule has 0 bridgehead atoms. The van der Waals surface area contributed by atoms with Crippen molar-refractivity contribution < 1.29 is 18.7 Å². The first-order valence-electron chi connectivity index (χ1n) is 7.58. The minimum atomic E-state index is -0.706. The maximum absolute atomic E-state index is 12.5. The van der Waals surface area contributed by atoms with E-state index in [0.29, 0.717) is 11.6 Å². The van der Waals surface area contributed by atoms with Crippen LogP contribution < -0.4 is 10.6 Å². The van der Waals surface area contributed by atoms with Crippen LogP contribution in [0.1, 0.15) is 19.4 Å². The number of amides is 2. The summed E-state index contributed by atoms with van der Waals surface area (Å²) in [5.74, 6) is 0.0686. The third-order valence-corrected chi connectivity index (χ3v) is 3.66. The van der Waals surface area contributed by atoms with E-state index in [9.17, 15) is 9.59 Å². The van der Waals surface area contributed by atoms with Crippen LogP contribution in [0.2, 0.25) is 0 Å². The Morgan fingerprint density at radius 3 is 2.62 bits per heavy atom. The molecular formula is C17H21N3O4. The van der Waals surface area contributed by atoms with E-state index in [1.54, 1.807) is 18.3 Å². The zero-order valence-electron chi connectivity index (χ0n) is 14.1. The van der Waals surface area contributed by atoms with E-state index in [1.165, 1.54) is 13.4 Å². The number of nitrogens with one attached hydrogen (secondary N) is 2. The second kappa shape index (κ2) is 7.63. The van der Waals surface area contributed by atoms with Gasteiger partial charge in [0, 0.05) is 11.3 Å². The van der Waals surface area contributed by atoms with Crippen molar-refractivity contribution in [2.45, 2.75) is 26.8 Å². The second-order valence-electron chi connectivity index (χ2n) is 5.66. The van der Waals surface area contributed by atoms with Gasteiger partial charge in [-0.25, -0.2) is 9.78 Å². The third kappa shape index (κ3) is 3.92. The summed E-state index contributed by atoms with van der Waals surface area (Å²) >= 11 is 0. The van der Waals surface area contributed by atoms with Gasteiger partial charge in [0.1, 0.15) is 12.3 Å². The Labute approximate surface area is 140 Å². The van der Waals surface area contributed by atoms with E-state index in [1.807, 2.05) is 26.8 Å². The molecule has 1 aromatic carbocycles. The monoisotopic (exact) mass is 331 g/mol. The number of hydrogen-bond acceptors (Lipinski definition) is 5. The van der Waals surface area contributed by atoms with Crippen LogP contribution >= 0.6 is 0 Å². The number of hydrogen-bond donors (Lipinski definition) is 2. The molecule has 128 valence electrons. The van der Waals surface area contributed by atoms with Crippen molar-refractivity contribution in [1.29, 1.82) is 0 Å². The van der Waals surface area contributed by atoms with Gasteiger partial charge in [0.05, 0.1) is 13.3 Å². The molecule has 0 saturated carbocycles. The Morgan fingerprint density at radius 2 is 2.04 bits per heavy atom. The summed E-state index contributed by atoms with van der Waals surface area (Å²) in [7, 11) is 1.26. The highest BCUT2D eigenvalue weighted by atomic mass is 16.5. The normalized spacial score (nSPS) is 11.9. The lowest BCUT2D eigenvalue weighted by molar-refractivity contribution is -0.119. The Kier molecular flexibility index (Phi) is 5.57. The zero-order valence-corrected chi connectivity index (χ0v) is 14.1. The molecule has 1 heterocycles. The summed E-state index contributed by atoms with van der Waals surface area (Å²) in [5, 5.41) is 5.39. The summed E-state index contributed by atoms with van der Waals surface area (Å²) in [6.07, 6.45) is 2.42. The molecule has 0 fully saturated rings. The highest BCUT2D eigenvalue weighted by Crippen LogP contribution is 2.27. The smallest absolute Gasteiger partial charge is 0.407 e. The van der Waals surface area contributed by atoms with Crippen LogP contribution in [-0.4, -0.2) is 30.1 Å². The van der Waals surface area contributed by atoms with Crippen molar-refractivity contribution in [3.8, 4) is 11.5 Å². The fourth-order valence-corrected chi connectivity index (χ4v) is 2.29. The number of aromatic nitrogens is 1. The molecular weight excluding hydrogens is 310 g/mol. The first-order valence-corrected chi connectivity index (χ1v) is 7.58. The number of ether oxygens (including phenoxy) is 1. The zero-order chi connectivity index (χ0) is 17.7. The van der Waals surface area contributed by atoms with E-state index in [-0.39, 0.29) is 11.8 Å². The lowest BCUT2D eigenvalue weighted by Gasteiger charge is -2.21. The summed E-state index contributed by atoms with van der Waals surface area (Å²) < 4.78 is 9.89. The minimum Gasteiger partial charge on any atom is -0.453 e. The fourth-order valence-electron chi connectivity index (χ4n) is 2.29. The number of nitrogens with zero attached hydrogens (tertiary/aromatic N) is 1. The van der Waals surface area contributed by atoms with Crippen LogP contribution in [0.3, 0.4) is 0 Å². The minimum absolute atomic E-state index is 0.0978. The van der Waals surface area contributed by atoms with Crippen molar-refractivity contribution >= 4 is 17.7 Å². The molecule has 7 heteroatoms. The van der Waals surface area contributed by atoms with Gasteiger partial charge >= 0.3 is 6.09 Å². The van der Waals surface area contributed by atoms with Gasteiger partial charge < -0.3 is 19.8 Å². The molecule has 2 rings (SSSR count). The van der Waals surface area contributed by atoms with Gasteiger partial charge in [-0.2, -0.15) is 0 Å². The first kappa shape index (κ1) is 17.5. The first-order chi connectivity index (χ1) is 11.4. The molecule has 0 radical (unpaired) electrons. The van der Waals surface area contributed by atoms with Crippen molar-refractivity contribution in [3.63, 3.8) is 0 Å². The number of oxazole rings is 1. The SMILES string of the molecule is COC(=O)N[C@H](C(=O)Nc1cccc(-c2ncco2)c1C)C(C)C. The number of rotatable bonds is 5. The van der Waals surface area contributed by atoms with E-state index >= 15 is 0 Å². The van der Waals surface area contributed by atoms with Crippen LogP contribution in [-0.2, 0) is 9.53 Å². The van der Waals surface area contributed by atoms with Crippen molar-refractivity contribution in [2.75, 3.05) is 12.4 Å². The largest absolute Gasteiger partial charge is 0.453 e. The lowest BCUT2D eigenvalue weighted by atomic mass is 10.0.